The molecule has 2 rings (SSSR count). The van der Waals surface area contributed by atoms with Gasteiger partial charge in [0.2, 0.25) is 0 Å². The fourth-order valence-electron chi connectivity index (χ4n) is 3.53. The van der Waals surface area contributed by atoms with Gasteiger partial charge in [-0.2, -0.15) is 0 Å². The van der Waals surface area contributed by atoms with Crippen LogP contribution in [0.5, 0.6) is 0 Å². The highest BCUT2D eigenvalue weighted by Crippen LogP contribution is 2.59. The minimum absolute atomic E-state index is 0.712. The summed E-state index contributed by atoms with van der Waals surface area (Å²) in [6.45, 7) is 5.09. The second-order valence-electron chi connectivity index (χ2n) is 5.54. The summed E-state index contributed by atoms with van der Waals surface area (Å²) in [6.07, 6.45) is 12.0. The van der Waals surface area contributed by atoms with Crippen molar-refractivity contribution in [3.63, 3.8) is 0 Å². The van der Waals surface area contributed by atoms with Crippen molar-refractivity contribution in [3.8, 4) is 0 Å². The minimum atomic E-state index is 0.712. The van der Waals surface area contributed by atoms with E-state index in [0.29, 0.717) is 10.8 Å². The molecule has 0 aliphatic heterocycles. The average Bonchev–Trinajstić information content (AvgIpc) is 2.21. The number of hydrogen-bond acceptors (Lipinski definition) is 0. The van der Waals surface area contributed by atoms with Crippen molar-refractivity contribution in [3.05, 3.63) is 0 Å². The molecule has 0 heteroatoms. The molecule has 0 nitrogen and oxygen atoms in total. The van der Waals surface area contributed by atoms with E-state index in [0.717, 1.165) is 0 Å². The highest BCUT2D eigenvalue weighted by Gasteiger charge is 2.47. The summed E-state index contributed by atoms with van der Waals surface area (Å²) in [7, 11) is 0. The fraction of sp³-hybridized carbons (Fsp3) is 1.00. The topological polar surface area (TPSA) is 0 Å². The molecule has 0 heterocycles. The fourth-order valence-corrected chi connectivity index (χ4v) is 3.53. The van der Waals surface area contributed by atoms with E-state index >= 15 is 0 Å². The quantitative estimate of drug-likeness (QED) is 0.507. The number of fused-ring (bicyclic) bond motifs is 1. The summed E-state index contributed by atoms with van der Waals surface area (Å²) in [5.74, 6) is 0. The molecular formula is C12H22. The second kappa shape index (κ2) is 2.75. The lowest BCUT2D eigenvalue weighted by molar-refractivity contribution is 0.0998. The van der Waals surface area contributed by atoms with E-state index in [4.69, 9.17) is 0 Å². The summed E-state index contributed by atoms with van der Waals surface area (Å²) in [6, 6.07) is 0. The Morgan fingerprint density at radius 3 is 1.50 bits per heavy atom. The van der Waals surface area contributed by atoms with Gasteiger partial charge in [-0.05, 0) is 36.5 Å². The van der Waals surface area contributed by atoms with Crippen LogP contribution in [0.3, 0.4) is 0 Å². The zero-order valence-corrected chi connectivity index (χ0v) is 8.66. The molecule has 0 aromatic carbocycles. The first-order valence-electron chi connectivity index (χ1n) is 5.66. The van der Waals surface area contributed by atoms with Crippen LogP contribution in [0, 0.1) is 10.8 Å². The molecule has 0 N–H and O–H groups in total. The summed E-state index contributed by atoms with van der Waals surface area (Å²) in [5, 5.41) is 0. The number of rotatable bonds is 0. The van der Waals surface area contributed by atoms with Gasteiger partial charge < -0.3 is 0 Å². The molecule has 0 bridgehead atoms. The summed E-state index contributed by atoms with van der Waals surface area (Å²) in [4.78, 5) is 0. The average molecular weight is 166 g/mol. The molecule has 12 heavy (non-hydrogen) atoms. The second-order valence-corrected chi connectivity index (χ2v) is 5.54. The smallest absolute Gasteiger partial charge is 0.0272 e. The Bertz CT molecular complexity index is 155. The van der Waals surface area contributed by atoms with Crippen LogP contribution in [-0.4, -0.2) is 0 Å². The van der Waals surface area contributed by atoms with Crippen molar-refractivity contribution < 1.29 is 0 Å². The third-order valence-electron chi connectivity index (χ3n) is 4.87. The van der Waals surface area contributed by atoms with Gasteiger partial charge in [0.05, 0.1) is 0 Å². The third kappa shape index (κ3) is 1.11. The summed E-state index contributed by atoms with van der Waals surface area (Å²) in [5.41, 5.74) is 1.42. The first-order chi connectivity index (χ1) is 5.66. The van der Waals surface area contributed by atoms with Gasteiger partial charge in [-0.3, -0.25) is 0 Å². The molecule has 2 aliphatic rings. The van der Waals surface area contributed by atoms with E-state index < -0.39 is 0 Å². The van der Waals surface area contributed by atoms with Gasteiger partial charge in [0.25, 0.3) is 0 Å². The molecule has 0 saturated heterocycles. The van der Waals surface area contributed by atoms with E-state index in [1.807, 2.05) is 0 Å². The highest BCUT2D eigenvalue weighted by atomic mass is 14.5. The summed E-state index contributed by atoms with van der Waals surface area (Å²) < 4.78 is 0. The van der Waals surface area contributed by atoms with Crippen LogP contribution >= 0.6 is 0 Å². The molecule has 2 atom stereocenters. The normalized spacial score (nSPS) is 48.5. The van der Waals surface area contributed by atoms with Gasteiger partial charge >= 0.3 is 0 Å². The van der Waals surface area contributed by atoms with Gasteiger partial charge in [-0.15, -0.1) is 0 Å². The van der Waals surface area contributed by atoms with Gasteiger partial charge in [-0.1, -0.05) is 39.5 Å². The highest BCUT2D eigenvalue weighted by molar-refractivity contribution is 4.98. The minimum Gasteiger partial charge on any atom is -0.0591 e. The van der Waals surface area contributed by atoms with Crippen LogP contribution in [0.25, 0.3) is 0 Å². The Morgan fingerprint density at radius 1 is 0.583 bits per heavy atom. The Labute approximate surface area is 76.7 Å². The van der Waals surface area contributed by atoms with Gasteiger partial charge in [0, 0.05) is 0 Å². The van der Waals surface area contributed by atoms with E-state index in [9.17, 15) is 0 Å². The van der Waals surface area contributed by atoms with Crippen LogP contribution in [0.4, 0.5) is 0 Å². The molecule has 2 saturated carbocycles. The maximum absolute atomic E-state index is 2.55. The van der Waals surface area contributed by atoms with Crippen molar-refractivity contribution in [1.82, 2.24) is 0 Å². The van der Waals surface area contributed by atoms with Crippen molar-refractivity contribution in [2.75, 3.05) is 0 Å². The van der Waals surface area contributed by atoms with Crippen molar-refractivity contribution in [2.24, 2.45) is 10.8 Å². The third-order valence-corrected chi connectivity index (χ3v) is 4.87. The number of hydrogen-bond donors (Lipinski definition) is 0. The first-order valence-corrected chi connectivity index (χ1v) is 5.66. The molecule has 2 aliphatic carbocycles. The lowest BCUT2D eigenvalue weighted by atomic mass is 9.65. The molecular weight excluding hydrogens is 144 g/mol. The molecule has 2 unspecified atom stereocenters. The van der Waals surface area contributed by atoms with Crippen molar-refractivity contribution >= 4 is 0 Å². The Balaban J connectivity index is 2.22. The van der Waals surface area contributed by atoms with E-state index in [1.54, 1.807) is 0 Å². The standard InChI is InChI=1S/C12H22/c1-11-7-4-3-5-8-12(11,2)10-6-9-11/h3-10H2,1-2H3. The van der Waals surface area contributed by atoms with Gasteiger partial charge in [0.15, 0.2) is 0 Å². The van der Waals surface area contributed by atoms with Crippen LogP contribution in [0.2, 0.25) is 0 Å². The van der Waals surface area contributed by atoms with E-state index in [2.05, 4.69) is 13.8 Å². The lowest BCUT2D eigenvalue weighted by Gasteiger charge is -2.40. The molecule has 0 radical (unpaired) electrons. The molecule has 70 valence electrons. The molecule has 0 aromatic heterocycles. The molecule has 0 spiro atoms. The Kier molecular flexibility index (Phi) is 1.97. The largest absolute Gasteiger partial charge is 0.0591 e. The SMILES string of the molecule is CC12CCCCCC1(C)CCC2. The van der Waals surface area contributed by atoms with Gasteiger partial charge in [-0.25, -0.2) is 0 Å². The lowest BCUT2D eigenvalue weighted by Crippen LogP contribution is -2.30. The zero-order valence-electron chi connectivity index (χ0n) is 8.66. The monoisotopic (exact) mass is 166 g/mol. The first kappa shape index (κ1) is 8.59. The Morgan fingerprint density at radius 2 is 1.00 bits per heavy atom. The van der Waals surface area contributed by atoms with Crippen LogP contribution in [0.1, 0.15) is 65.2 Å². The molecule has 0 aromatic rings. The van der Waals surface area contributed by atoms with Crippen molar-refractivity contribution in [2.45, 2.75) is 65.2 Å². The zero-order chi connectivity index (χ0) is 8.66. The van der Waals surface area contributed by atoms with Crippen molar-refractivity contribution in [1.29, 1.82) is 0 Å². The van der Waals surface area contributed by atoms with E-state index in [-0.39, 0.29) is 0 Å². The molecule has 2 fully saturated rings. The van der Waals surface area contributed by atoms with E-state index in [1.165, 1.54) is 51.4 Å². The molecule has 0 amide bonds. The van der Waals surface area contributed by atoms with Crippen LogP contribution < -0.4 is 0 Å². The maximum Gasteiger partial charge on any atom is -0.0272 e. The van der Waals surface area contributed by atoms with Crippen LogP contribution in [-0.2, 0) is 0 Å². The van der Waals surface area contributed by atoms with Gasteiger partial charge in [0.1, 0.15) is 0 Å². The van der Waals surface area contributed by atoms with Crippen LogP contribution in [0.15, 0.2) is 0 Å². The maximum atomic E-state index is 2.55. The Hall–Kier alpha value is 0. The predicted molar refractivity (Wildman–Crippen MR) is 53.2 cm³/mol. The summed E-state index contributed by atoms with van der Waals surface area (Å²) >= 11 is 0. The predicted octanol–water partition coefficient (Wildman–Crippen LogP) is 4.15.